The van der Waals surface area contributed by atoms with E-state index in [2.05, 4.69) is 205 Å². The van der Waals surface area contributed by atoms with E-state index in [1.54, 1.807) is 0 Å². The number of benzene rings is 8. The SMILES string of the molecule is C=Cc1c(/C=C(\C)c2ccc(-c3nc(-c4ccccc4)cc(-c4ccccc4)n3)cc2)c2ccccc2n1-c1cccc(-c2ccc3c(c2)c2ccccc2n3-c2ccccc2)c1. The first-order valence-electron chi connectivity index (χ1n) is 21.4. The van der Waals surface area contributed by atoms with Crippen molar-refractivity contribution in [1.29, 1.82) is 0 Å². The molecule has 0 radical (unpaired) electrons. The molecule has 11 rings (SSSR count). The van der Waals surface area contributed by atoms with Crippen molar-refractivity contribution < 1.29 is 0 Å². The number of aromatic nitrogens is 4. The van der Waals surface area contributed by atoms with E-state index in [9.17, 15) is 0 Å². The van der Waals surface area contributed by atoms with Crippen LogP contribution in [0.2, 0.25) is 0 Å². The molecule has 11 aromatic rings. The fraction of sp³-hybridized carbons (Fsp3) is 0.0169. The minimum Gasteiger partial charge on any atom is -0.309 e. The Labute approximate surface area is 367 Å². The quantitative estimate of drug-likeness (QED) is 0.146. The summed E-state index contributed by atoms with van der Waals surface area (Å²) in [6, 6.07) is 75.0. The van der Waals surface area contributed by atoms with Crippen molar-refractivity contribution in [1.82, 2.24) is 19.1 Å². The monoisotopic (exact) mass is 806 g/mol. The van der Waals surface area contributed by atoms with Gasteiger partial charge in [0, 0.05) is 49.8 Å². The lowest BCUT2D eigenvalue weighted by atomic mass is 10.0. The Morgan fingerprint density at radius 2 is 0.952 bits per heavy atom. The fourth-order valence-electron chi connectivity index (χ4n) is 9.02. The third-order valence-corrected chi connectivity index (χ3v) is 12.1. The van der Waals surface area contributed by atoms with Gasteiger partial charge in [0.25, 0.3) is 0 Å². The molecule has 63 heavy (non-hydrogen) atoms. The summed E-state index contributed by atoms with van der Waals surface area (Å²) in [5, 5.41) is 3.64. The van der Waals surface area contributed by atoms with Crippen LogP contribution in [0.5, 0.6) is 0 Å². The fourth-order valence-corrected chi connectivity index (χ4v) is 9.02. The summed E-state index contributed by atoms with van der Waals surface area (Å²) in [4.78, 5) is 10.1. The number of hydrogen-bond donors (Lipinski definition) is 0. The second kappa shape index (κ2) is 15.9. The first-order valence-corrected chi connectivity index (χ1v) is 21.4. The minimum atomic E-state index is 0.696. The Balaban J connectivity index is 0.959. The summed E-state index contributed by atoms with van der Waals surface area (Å²) >= 11 is 0. The molecule has 8 aromatic carbocycles. The molecule has 0 fully saturated rings. The molecule has 4 nitrogen and oxygen atoms in total. The van der Waals surface area contributed by atoms with Gasteiger partial charge in [-0.25, -0.2) is 9.97 Å². The van der Waals surface area contributed by atoms with Crippen molar-refractivity contribution in [2.75, 3.05) is 0 Å². The van der Waals surface area contributed by atoms with E-state index < -0.39 is 0 Å². The Kier molecular flexibility index (Phi) is 9.52. The topological polar surface area (TPSA) is 35.6 Å². The van der Waals surface area contributed by atoms with Gasteiger partial charge in [0.05, 0.1) is 33.6 Å². The van der Waals surface area contributed by atoms with Crippen molar-refractivity contribution in [3.8, 4) is 56.4 Å². The maximum atomic E-state index is 5.05. The van der Waals surface area contributed by atoms with Gasteiger partial charge in [-0.05, 0) is 95.9 Å². The summed E-state index contributed by atoms with van der Waals surface area (Å²) in [6.07, 6.45) is 4.28. The lowest BCUT2D eigenvalue weighted by Crippen LogP contribution is -1.97. The number of fused-ring (bicyclic) bond motifs is 4. The van der Waals surface area contributed by atoms with Gasteiger partial charge < -0.3 is 9.13 Å². The van der Waals surface area contributed by atoms with Crippen molar-refractivity contribution in [2.45, 2.75) is 6.92 Å². The molecular formula is C59H42N4. The maximum Gasteiger partial charge on any atom is 0.160 e. The van der Waals surface area contributed by atoms with Crippen molar-refractivity contribution in [3.05, 3.63) is 236 Å². The van der Waals surface area contributed by atoms with Gasteiger partial charge >= 0.3 is 0 Å². The van der Waals surface area contributed by atoms with E-state index >= 15 is 0 Å². The standard InChI is InChI=1S/C59H42N4/c1-3-55-51(36-40(2)41-30-32-44(33-31-41)59-60-53(42-18-7-4-8-19-42)39-54(61-59)43-20-9-5-10-21-43)49-26-13-16-29-57(49)63(55)48-25-17-22-45(37-48)46-34-35-58-52(38-46)50-27-14-15-28-56(50)62(58)47-23-11-6-12-24-47/h3-39H,1H2,2H3/b40-36+. The molecule has 0 amide bonds. The summed E-state index contributed by atoms with van der Waals surface area (Å²) in [5.74, 6) is 0.696. The van der Waals surface area contributed by atoms with E-state index in [0.717, 1.165) is 72.9 Å². The second-order valence-electron chi connectivity index (χ2n) is 15.9. The summed E-state index contributed by atoms with van der Waals surface area (Å²) in [5.41, 5.74) is 17.4. The van der Waals surface area contributed by atoms with Crippen LogP contribution < -0.4 is 0 Å². The van der Waals surface area contributed by atoms with Crippen LogP contribution >= 0.6 is 0 Å². The molecule has 0 saturated heterocycles. The van der Waals surface area contributed by atoms with Crippen LogP contribution in [0.3, 0.4) is 0 Å². The molecule has 0 aliphatic rings. The lowest BCUT2D eigenvalue weighted by molar-refractivity contribution is 1.11. The molecule has 0 spiro atoms. The first kappa shape index (κ1) is 37.6. The van der Waals surface area contributed by atoms with Crippen LogP contribution in [0.1, 0.15) is 23.7 Å². The van der Waals surface area contributed by atoms with Crippen LogP contribution in [0.4, 0.5) is 0 Å². The molecule has 0 atom stereocenters. The molecule has 4 heteroatoms. The molecule has 0 unspecified atom stereocenters. The summed E-state index contributed by atoms with van der Waals surface area (Å²) < 4.78 is 4.70. The molecular weight excluding hydrogens is 765 g/mol. The van der Waals surface area contributed by atoms with Crippen molar-refractivity contribution in [3.63, 3.8) is 0 Å². The maximum absolute atomic E-state index is 5.05. The number of allylic oxidation sites excluding steroid dienone is 1. The van der Waals surface area contributed by atoms with Gasteiger partial charge in [-0.15, -0.1) is 0 Å². The van der Waals surface area contributed by atoms with Gasteiger partial charge in [-0.2, -0.15) is 0 Å². The number of hydrogen-bond acceptors (Lipinski definition) is 2. The van der Waals surface area contributed by atoms with E-state index in [1.807, 2.05) is 42.5 Å². The molecule has 3 aromatic heterocycles. The van der Waals surface area contributed by atoms with Crippen LogP contribution in [0.15, 0.2) is 219 Å². The largest absolute Gasteiger partial charge is 0.309 e. The minimum absolute atomic E-state index is 0.696. The van der Waals surface area contributed by atoms with E-state index in [4.69, 9.17) is 9.97 Å². The van der Waals surface area contributed by atoms with E-state index in [0.29, 0.717) is 5.82 Å². The molecule has 0 aliphatic carbocycles. The summed E-state index contributed by atoms with van der Waals surface area (Å²) in [7, 11) is 0. The summed E-state index contributed by atoms with van der Waals surface area (Å²) in [6.45, 7) is 6.54. The Bertz CT molecular complexity index is 3450. The predicted octanol–water partition coefficient (Wildman–Crippen LogP) is 15.4. The van der Waals surface area contributed by atoms with Crippen LogP contribution in [0, 0.1) is 0 Å². The Morgan fingerprint density at radius 3 is 1.62 bits per heavy atom. The lowest BCUT2D eigenvalue weighted by Gasteiger charge is -2.12. The number of rotatable bonds is 9. The molecule has 0 bridgehead atoms. The molecule has 0 saturated carbocycles. The first-order chi connectivity index (χ1) is 31.1. The molecule has 3 heterocycles. The number of para-hydroxylation sites is 3. The van der Waals surface area contributed by atoms with Gasteiger partial charge in [0.1, 0.15) is 0 Å². The predicted molar refractivity (Wildman–Crippen MR) is 265 cm³/mol. The highest BCUT2D eigenvalue weighted by molar-refractivity contribution is 6.10. The molecule has 298 valence electrons. The van der Waals surface area contributed by atoms with Gasteiger partial charge in [0.2, 0.25) is 0 Å². The highest BCUT2D eigenvalue weighted by Crippen LogP contribution is 2.38. The zero-order valence-electron chi connectivity index (χ0n) is 34.9. The van der Waals surface area contributed by atoms with E-state index in [1.165, 1.54) is 32.8 Å². The Hall–Kier alpha value is -8.34. The highest BCUT2D eigenvalue weighted by Gasteiger charge is 2.18. The normalized spacial score (nSPS) is 11.7. The van der Waals surface area contributed by atoms with Crippen LogP contribution in [-0.2, 0) is 0 Å². The third kappa shape index (κ3) is 6.84. The highest BCUT2D eigenvalue weighted by atomic mass is 15.0. The average Bonchev–Trinajstić information content (AvgIpc) is 3.86. The second-order valence-corrected chi connectivity index (χ2v) is 15.9. The van der Waals surface area contributed by atoms with Crippen molar-refractivity contribution >= 4 is 50.4 Å². The smallest absolute Gasteiger partial charge is 0.160 e. The van der Waals surface area contributed by atoms with E-state index in [-0.39, 0.29) is 0 Å². The van der Waals surface area contributed by atoms with Gasteiger partial charge in [-0.3, -0.25) is 0 Å². The van der Waals surface area contributed by atoms with Crippen LogP contribution in [-0.4, -0.2) is 19.1 Å². The zero-order chi connectivity index (χ0) is 42.3. The molecule has 0 aliphatic heterocycles. The van der Waals surface area contributed by atoms with Crippen molar-refractivity contribution in [2.24, 2.45) is 0 Å². The average molecular weight is 807 g/mol. The third-order valence-electron chi connectivity index (χ3n) is 12.1. The molecule has 0 N–H and O–H groups in total. The zero-order valence-corrected chi connectivity index (χ0v) is 34.9. The van der Waals surface area contributed by atoms with Crippen LogP contribution in [0.25, 0.3) is 107 Å². The number of nitrogens with zero attached hydrogens (tertiary/aromatic N) is 4. The van der Waals surface area contributed by atoms with Gasteiger partial charge in [-0.1, -0.05) is 164 Å². The van der Waals surface area contributed by atoms with Gasteiger partial charge in [0.15, 0.2) is 5.82 Å². The Morgan fingerprint density at radius 1 is 0.429 bits per heavy atom.